The summed E-state index contributed by atoms with van der Waals surface area (Å²) in [5.74, 6) is 0.672. The minimum atomic E-state index is 0.0450. The Kier molecular flexibility index (Phi) is 4.67. The van der Waals surface area contributed by atoms with Crippen molar-refractivity contribution < 1.29 is 14.5 Å². The van der Waals surface area contributed by atoms with Gasteiger partial charge in [0.1, 0.15) is 0 Å². The minimum Gasteiger partial charge on any atom is -0.346 e. The van der Waals surface area contributed by atoms with E-state index in [0.29, 0.717) is 25.6 Å². The van der Waals surface area contributed by atoms with Gasteiger partial charge in [0.05, 0.1) is 28.3 Å². The average molecular weight is 359 g/mol. The second-order valence-electron chi connectivity index (χ2n) is 6.88. The first-order valence-electron chi connectivity index (χ1n) is 8.92. The number of hydrogen-bond acceptors (Lipinski definition) is 4. The summed E-state index contributed by atoms with van der Waals surface area (Å²) in [5.41, 5.74) is 1.08. The highest BCUT2D eigenvalue weighted by Crippen LogP contribution is 2.33. The van der Waals surface area contributed by atoms with Crippen LogP contribution in [0, 0.1) is 0 Å². The number of para-hydroxylation sites is 1. The van der Waals surface area contributed by atoms with Gasteiger partial charge in [-0.1, -0.05) is 12.1 Å². The molecule has 2 aliphatic heterocycles. The molecule has 0 radical (unpaired) electrons. The number of piperazine rings is 1. The van der Waals surface area contributed by atoms with E-state index in [0.717, 1.165) is 42.9 Å². The molecule has 0 bridgehead atoms. The van der Waals surface area contributed by atoms with Gasteiger partial charge in [-0.3, -0.25) is 9.59 Å². The van der Waals surface area contributed by atoms with Crippen molar-refractivity contribution in [2.75, 3.05) is 39.3 Å². The standard InChI is InChI=1S/C18H22N4O2S/c23-16-11-21(10-7-19-16)12-17(24)22-8-5-13(6-9-22)18-20-14-3-1-2-4-15(14)25-18/h1-4,13H,5-12H2,(H,19,23)/p+1. The number of carbonyl (C=O) groups excluding carboxylic acids is 2. The van der Waals surface area contributed by atoms with E-state index in [1.165, 1.54) is 9.71 Å². The maximum atomic E-state index is 12.5. The number of carbonyl (C=O) groups is 2. The smallest absolute Gasteiger partial charge is 0.277 e. The maximum Gasteiger partial charge on any atom is 0.277 e. The summed E-state index contributed by atoms with van der Waals surface area (Å²) in [6, 6.07) is 8.25. The van der Waals surface area contributed by atoms with Crippen molar-refractivity contribution in [1.29, 1.82) is 0 Å². The predicted octanol–water partition coefficient (Wildman–Crippen LogP) is 0.0170. The molecule has 2 fully saturated rings. The Morgan fingerprint density at radius 1 is 1.32 bits per heavy atom. The quantitative estimate of drug-likeness (QED) is 0.812. The molecule has 0 aliphatic carbocycles. The topological polar surface area (TPSA) is 66.7 Å². The number of nitrogens with zero attached hydrogens (tertiary/aromatic N) is 2. The summed E-state index contributed by atoms with van der Waals surface area (Å²) in [6.07, 6.45) is 1.95. The molecule has 2 N–H and O–H groups in total. The molecular weight excluding hydrogens is 336 g/mol. The number of amides is 2. The molecule has 4 rings (SSSR count). The maximum absolute atomic E-state index is 12.5. The van der Waals surface area contributed by atoms with Crippen LogP contribution in [-0.2, 0) is 9.59 Å². The van der Waals surface area contributed by atoms with E-state index in [4.69, 9.17) is 4.98 Å². The van der Waals surface area contributed by atoms with Crippen LogP contribution in [-0.4, -0.2) is 61.0 Å². The molecule has 1 atom stereocenters. The molecule has 2 amide bonds. The molecule has 7 heteroatoms. The summed E-state index contributed by atoms with van der Waals surface area (Å²) in [7, 11) is 0. The van der Waals surface area contributed by atoms with Crippen LogP contribution in [0.5, 0.6) is 0 Å². The third kappa shape index (κ3) is 3.67. The first kappa shape index (κ1) is 16.5. The predicted molar refractivity (Wildman–Crippen MR) is 96.7 cm³/mol. The van der Waals surface area contributed by atoms with Crippen molar-refractivity contribution in [2.45, 2.75) is 18.8 Å². The third-order valence-electron chi connectivity index (χ3n) is 5.12. The highest BCUT2D eigenvalue weighted by Gasteiger charge is 2.29. The van der Waals surface area contributed by atoms with Gasteiger partial charge in [-0.15, -0.1) is 11.3 Å². The Morgan fingerprint density at radius 3 is 2.88 bits per heavy atom. The van der Waals surface area contributed by atoms with E-state index in [1.54, 1.807) is 11.3 Å². The van der Waals surface area contributed by atoms with Crippen LogP contribution in [0.2, 0.25) is 0 Å². The largest absolute Gasteiger partial charge is 0.346 e. The minimum absolute atomic E-state index is 0.0450. The molecule has 0 saturated carbocycles. The first-order chi connectivity index (χ1) is 12.2. The fourth-order valence-electron chi connectivity index (χ4n) is 3.67. The number of quaternary nitrogens is 1. The van der Waals surface area contributed by atoms with Crippen molar-refractivity contribution in [3.8, 4) is 0 Å². The summed E-state index contributed by atoms with van der Waals surface area (Å²) in [5, 5.41) is 4.01. The molecule has 3 heterocycles. The zero-order valence-electron chi connectivity index (χ0n) is 14.2. The molecule has 6 nitrogen and oxygen atoms in total. The van der Waals surface area contributed by atoms with Gasteiger partial charge >= 0.3 is 0 Å². The van der Waals surface area contributed by atoms with Gasteiger partial charge in [-0.05, 0) is 25.0 Å². The van der Waals surface area contributed by atoms with Crippen LogP contribution in [0.15, 0.2) is 24.3 Å². The second-order valence-corrected chi connectivity index (χ2v) is 7.94. The lowest BCUT2D eigenvalue weighted by Gasteiger charge is -2.32. The average Bonchev–Trinajstić information content (AvgIpc) is 3.06. The third-order valence-corrected chi connectivity index (χ3v) is 6.32. The summed E-state index contributed by atoms with van der Waals surface area (Å²) >= 11 is 1.78. The molecule has 1 unspecified atom stereocenters. The molecule has 1 aromatic carbocycles. The van der Waals surface area contributed by atoms with Crippen molar-refractivity contribution >= 4 is 33.4 Å². The zero-order chi connectivity index (χ0) is 17.2. The van der Waals surface area contributed by atoms with E-state index in [2.05, 4.69) is 23.5 Å². The van der Waals surface area contributed by atoms with Gasteiger partial charge in [0, 0.05) is 19.0 Å². The fourth-order valence-corrected chi connectivity index (χ4v) is 4.81. The molecule has 25 heavy (non-hydrogen) atoms. The molecule has 2 aromatic rings. The van der Waals surface area contributed by atoms with E-state index >= 15 is 0 Å². The molecule has 0 spiro atoms. The van der Waals surface area contributed by atoms with Gasteiger partial charge in [0.2, 0.25) is 0 Å². The van der Waals surface area contributed by atoms with Crippen LogP contribution in [0.1, 0.15) is 23.8 Å². The van der Waals surface area contributed by atoms with Gasteiger partial charge in [0.15, 0.2) is 13.1 Å². The van der Waals surface area contributed by atoms with Gasteiger partial charge in [-0.2, -0.15) is 0 Å². The normalized spacial score (nSPS) is 22.2. The summed E-state index contributed by atoms with van der Waals surface area (Å²) in [6.45, 7) is 3.92. The number of fused-ring (bicyclic) bond motifs is 1. The zero-order valence-corrected chi connectivity index (χ0v) is 15.0. The lowest BCUT2D eigenvalue weighted by molar-refractivity contribution is -0.885. The number of hydrogen-bond donors (Lipinski definition) is 2. The van der Waals surface area contributed by atoms with E-state index in [9.17, 15) is 9.59 Å². The molecule has 132 valence electrons. The molecule has 2 aliphatic rings. The van der Waals surface area contributed by atoms with Gasteiger partial charge < -0.3 is 15.1 Å². The van der Waals surface area contributed by atoms with Crippen molar-refractivity contribution in [1.82, 2.24) is 15.2 Å². The van der Waals surface area contributed by atoms with E-state index in [-0.39, 0.29) is 11.8 Å². The Balaban J connectivity index is 1.33. The monoisotopic (exact) mass is 359 g/mol. The number of piperidine rings is 1. The number of nitrogens with one attached hydrogen (secondary N) is 2. The number of thiazole rings is 1. The van der Waals surface area contributed by atoms with E-state index < -0.39 is 0 Å². The van der Waals surface area contributed by atoms with Crippen molar-refractivity contribution in [2.24, 2.45) is 0 Å². The van der Waals surface area contributed by atoms with Crippen LogP contribution in [0.25, 0.3) is 10.2 Å². The second kappa shape index (κ2) is 7.09. The van der Waals surface area contributed by atoms with Gasteiger partial charge in [0.25, 0.3) is 11.8 Å². The SMILES string of the molecule is O=C1C[NH+](CC(=O)N2CCC(c3nc4ccccc4s3)CC2)CCN1. The van der Waals surface area contributed by atoms with Crippen LogP contribution in [0.4, 0.5) is 0 Å². The van der Waals surface area contributed by atoms with Gasteiger partial charge in [-0.25, -0.2) is 4.98 Å². The van der Waals surface area contributed by atoms with Crippen LogP contribution < -0.4 is 10.2 Å². The highest BCUT2D eigenvalue weighted by atomic mass is 32.1. The summed E-state index contributed by atoms with van der Waals surface area (Å²) < 4.78 is 1.24. The Bertz CT molecular complexity index is 749. The fraction of sp³-hybridized carbons (Fsp3) is 0.500. The summed E-state index contributed by atoms with van der Waals surface area (Å²) in [4.78, 5) is 31.8. The molecule has 1 aromatic heterocycles. The lowest BCUT2D eigenvalue weighted by atomic mass is 9.97. The number of likely N-dealkylation sites (tertiary alicyclic amines) is 1. The van der Waals surface area contributed by atoms with Crippen LogP contribution >= 0.6 is 11.3 Å². The first-order valence-corrected chi connectivity index (χ1v) is 9.74. The number of rotatable bonds is 3. The van der Waals surface area contributed by atoms with Crippen molar-refractivity contribution in [3.05, 3.63) is 29.3 Å². The lowest BCUT2D eigenvalue weighted by Crippen LogP contribution is -3.16. The van der Waals surface area contributed by atoms with Crippen LogP contribution in [0.3, 0.4) is 0 Å². The number of aromatic nitrogens is 1. The molecule has 2 saturated heterocycles. The van der Waals surface area contributed by atoms with Crippen molar-refractivity contribution in [3.63, 3.8) is 0 Å². The Hall–Kier alpha value is -1.99. The highest BCUT2D eigenvalue weighted by molar-refractivity contribution is 7.18. The van der Waals surface area contributed by atoms with E-state index in [1.807, 2.05) is 11.0 Å². The Labute approximate surface area is 150 Å². The Morgan fingerprint density at radius 2 is 2.12 bits per heavy atom. The number of benzene rings is 1. The molecular formula is C18H23N4O2S+.